The topological polar surface area (TPSA) is 58.3 Å². The van der Waals surface area contributed by atoms with E-state index in [0.717, 1.165) is 24.0 Å². The molecule has 0 unspecified atom stereocenters. The number of para-hydroxylation sites is 3. The Kier molecular flexibility index (Phi) is 3.06. The summed E-state index contributed by atoms with van der Waals surface area (Å²) in [4.78, 5) is 4.60. The Morgan fingerprint density at radius 1 is 1.05 bits per heavy atom. The smallest absolute Gasteiger partial charge is 0.168 e. The number of phenolic OH excluding ortho intramolecular Hbond substituents is 2. The number of aromatic nitrogens is 2. The number of benzene rings is 2. The molecule has 0 aliphatic heterocycles. The van der Waals surface area contributed by atoms with Crippen LogP contribution in [0.25, 0.3) is 22.4 Å². The van der Waals surface area contributed by atoms with E-state index in [-0.39, 0.29) is 11.5 Å². The second-order valence-electron chi connectivity index (χ2n) is 4.75. The van der Waals surface area contributed by atoms with E-state index in [1.807, 2.05) is 24.3 Å². The van der Waals surface area contributed by atoms with Gasteiger partial charge in [-0.1, -0.05) is 25.1 Å². The number of imidazole rings is 1. The molecule has 0 saturated heterocycles. The molecule has 1 aromatic heterocycles. The van der Waals surface area contributed by atoms with Crippen LogP contribution in [0.4, 0.5) is 0 Å². The molecule has 4 nitrogen and oxygen atoms in total. The Morgan fingerprint density at radius 3 is 2.65 bits per heavy atom. The van der Waals surface area contributed by atoms with Gasteiger partial charge in [-0.25, -0.2) is 4.98 Å². The Balaban J connectivity index is 2.29. The summed E-state index contributed by atoms with van der Waals surface area (Å²) >= 11 is 0. The van der Waals surface area contributed by atoms with Crippen molar-refractivity contribution < 1.29 is 10.2 Å². The van der Waals surface area contributed by atoms with Crippen LogP contribution < -0.4 is 0 Å². The predicted molar refractivity (Wildman–Crippen MR) is 78.8 cm³/mol. The van der Waals surface area contributed by atoms with Crippen molar-refractivity contribution in [3.63, 3.8) is 0 Å². The first-order valence-electron chi connectivity index (χ1n) is 6.69. The van der Waals surface area contributed by atoms with Gasteiger partial charge in [-0.3, -0.25) is 0 Å². The lowest BCUT2D eigenvalue weighted by Gasteiger charge is -2.09. The highest BCUT2D eigenvalue weighted by molar-refractivity contribution is 5.82. The molecule has 3 aromatic rings. The molecule has 0 saturated carbocycles. The zero-order valence-corrected chi connectivity index (χ0v) is 11.2. The van der Waals surface area contributed by atoms with Crippen LogP contribution in [-0.4, -0.2) is 19.8 Å². The summed E-state index contributed by atoms with van der Waals surface area (Å²) < 4.78 is 2.07. The first kappa shape index (κ1) is 12.5. The number of phenols is 2. The molecule has 0 aliphatic rings. The van der Waals surface area contributed by atoms with Gasteiger partial charge in [0.2, 0.25) is 0 Å². The first-order chi connectivity index (χ1) is 9.72. The third kappa shape index (κ3) is 1.90. The number of aromatic hydroxyl groups is 2. The fraction of sp³-hybridized carbons (Fsp3) is 0.188. The molecule has 0 radical (unpaired) electrons. The van der Waals surface area contributed by atoms with Gasteiger partial charge in [-0.05, 0) is 30.7 Å². The highest BCUT2D eigenvalue weighted by Gasteiger charge is 2.16. The maximum absolute atomic E-state index is 10.1. The van der Waals surface area contributed by atoms with Crippen molar-refractivity contribution in [1.29, 1.82) is 0 Å². The van der Waals surface area contributed by atoms with Crippen LogP contribution in [0.5, 0.6) is 11.5 Å². The van der Waals surface area contributed by atoms with Crippen molar-refractivity contribution in [3.8, 4) is 22.9 Å². The molecule has 0 spiro atoms. The maximum Gasteiger partial charge on any atom is 0.168 e. The standard InChI is InChI=1S/C16H16N2O2/c1-2-10-18-13-8-4-3-7-12(13)17-16(18)11-6-5-9-14(19)15(11)20/h3-9,19-20H,2,10H2,1H3. The fourth-order valence-electron chi connectivity index (χ4n) is 2.44. The summed E-state index contributed by atoms with van der Waals surface area (Å²) in [6.07, 6.45) is 0.965. The average molecular weight is 268 g/mol. The zero-order chi connectivity index (χ0) is 14.1. The molecule has 2 N–H and O–H groups in total. The van der Waals surface area contributed by atoms with E-state index in [9.17, 15) is 10.2 Å². The lowest BCUT2D eigenvalue weighted by molar-refractivity contribution is 0.404. The van der Waals surface area contributed by atoms with E-state index in [0.29, 0.717) is 11.4 Å². The number of aryl methyl sites for hydroxylation is 1. The van der Waals surface area contributed by atoms with Crippen molar-refractivity contribution in [2.45, 2.75) is 19.9 Å². The summed E-state index contributed by atoms with van der Waals surface area (Å²) in [6.45, 7) is 2.91. The Labute approximate surface area is 116 Å². The number of fused-ring (bicyclic) bond motifs is 1. The van der Waals surface area contributed by atoms with Crippen molar-refractivity contribution in [2.24, 2.45) is 0 Å². The van der Waals surface area contributed by atoms with E-state index < -0.39 is 0 Å². The predicted octanol–water partition coefficient (Wildman–Crippen LogP) is 3.52. The molecule has 0 fully saturated rings. The van der Waals surface area contributed by atoms with Crippen LogP contribution in [0, 0.1) is 0 Å². The van der Waals surface area contributed by atoms with Crippen molar-refractivity contribution >= 4 is 11.0 Å². The van der Waals surface area contributed by atoms with Gasteiger partial charge >= 0.3 is 0 Å². The Hall–Kier alpha value is -2.49. The van der Waals surface area contributed by atoms with Crippen LogP contribution in [0.15, 0.2) is 42.5 Å². The molecule has 4 heteroatoms. The SMILES string of the molecule is CCCn1c(-c2cccc(O)c2O)nc2ccccc21. The van der Waals surface area contributed by atoms with E-state index in [1.165, 1.54) is 6.07 Å². The van der Waals surface area contributed by atoms with Gasteiger partial charge in [0, 0.05) is 6.54 Å². The minimum atomic E-state index is -0.127. The summed E-state index contributed by atoms with van der Waals surface area (Å²) in [5, 5.41) is 19.7. The highest BCUT2D eigenvalue weighted by atomic mass is 16.3. The number of hydrogen-bond acceptors (Lipinski definition) is 3. The molecule has 1 heterocycles. The Bertz CT molecular complexity index is 762. The van der Waals surface area contributed by atoms with E-state index in [1.54, 1.807) is 12.1 Å². The number of nitrogens with zero attached hydrogens (tertiary/aromatic N) is 2. The zero-order valence-electron chi connectivity index (χ0n) is 11.2. The van der Waals surface area contributed by atoms with Gasteiger partial charge in [-0.15, -0.1) is 0 Å². The Morgan fingerprint density at radius 2 is 1.85 bits per heavy atom. The third-order valence-electron chi connectivity index (χ3n) is 3.36. The van der Waals surface area contributed by atoms with E-state index >= 15 is 0 Å². The van der Waals surface area contributed by atoms with Gasteiger partial charge in [0.15, 0.2) is 11.5 Å². The first-order valence-corrected chi connectivity index (χ1v) is 6.69. The fourth-order valence-corrected chi connectivity index (χ4v) is 2.44. The summed E-state index contributed by atoms with van der Waals surface area (Å²) in [5.41, 5.74) is 2.47. The molecule has 2 aromatic carbocycles. The monoisotopic (exact) mass is 268 g/mol. The molecule has 102 valence electrons. The number of hydrogen-bond donors (Lipinski definition) is 2. The van der Waals surface area contributed by atoms with Crippen LogP contribution in [0.2, 0.25) is 0 Å². The molecule has 0 amide bonds. The van der Waals surface area contributed by atoms with Crippen LogP contribution in [0.3, 0.4) is 0 Å². The minimum Gasteiger partial charge on any atom is -0.504 e. The van der Waals surface area contributed by atoms with Gasteiger partial charge < -0.3 is 14.8 Å². The van der Waals surface area contributed by atoms with Gasteiger partial charge in [-0.2, -0.15) is 0 Å². The second-order valence-corrected chi connectivity index (χ2v) is 4.75. The molecule has 0 aliphatic carbocycles. The highest BCUT2D eigenvalue weighted by Crippen LogP contribution is 2.36. The van der Waals surface area contributed by atoms with Gasteiger partial charge in [0.1, 0.15) is 5.82 Å². The molecular weight excluding hydrogens is 252 g/mol. The second kappa shape index (κ2) is 4.89. The average Bonchev–Trinajstić information content (AvgIpc) is 2.81. The lowest BCUT2D eigenvalue weighted by Crippen LogP contribution is -1.99. The van der Waals surface area contributed by atoms with Crippen molar-refractivity contribution in [3.05, 3.63) is 42.5 Å². The molecular formula is C16H16N2O2. The largest absolute Gasteiger partial charge is 0.504 e. The van der Waals surface area contributed by atoms with Gasteiger partial charge in [0.25, 0.3) is 0 Å². The third-order valence-corrected chi connectivity index (χ3v) is 3.36. The van der Waals surface area contributed by atoms with Crippen LogP contribution in [-0.2, 0) is 6.54 Å². The molecule has 0 bridgehead atoms. The molecule has 20 heavy (non-hydrogen) atoms. The summed E-state index contributed by atoms with van der Waals surface area (Å²) in [6, 6.07) is 12.8. The molecule has 0 atom stereocenters. The van der Waals surface area contributed by atoms with Crippen LogP contribution >= 0.6 is 0 Å². The number of rotatable bonds is 3. The lowest BCUT2D eigenvalue weighted by atomic mass is 10.1. The quantitative estimate of drug-likeness (QED) is 0.714. The molecule has 3 rings (SSSR count). The summed E-state index contributed by atoms with van der Waals surface area (Å²) in [5.74, 6) is 0.430. The van der Waals surface area contributed by atoms with Crippen molar-refractivity contribution in [2.75, 3.05) is 0 Å². The van der Waals surface area contributed by atoms with E-state index in [4.69, 9.17) is 0 Å². The normalized spacial score (nSPS) is 11.1. The van der Waals surface area contributed by atoms with Gasteiger partial charge in [0.05, 0.1) is 16.6 Å². The minimum absolute atomic E-state index is 0.125. The van der Waals surface area contributed by atoms with Crippen LogP contribution in [0.1, 0.15) is 13.3 Å². The summed E-state index contributed by atoms with van der Waals surface area (Å²) in [7, 11) is 0. The van der Waals surface area contributed by atoms with Crippen molar-refractivity contribution in [1.82, 2.24) is 9.55 Å². The maximum atomic E-state index is 10.1. The van der Waals surface area contributed by atoms with E-state index in [2.05, 4.69) is 16.5 Å².